The van der Waals surface area contributed by atoms with Crippen molar-refractivity contribution in [1.82, 2.24) is 5.32 Å². The molecular weight excluding hydrogens is 452 g/mol. The summed E-state index contributed by atoms with van der Waals surface area (Å²) < 4.78 is 38.9. The standard InChI is InChI=1S/C26H30N2O5S/c1-26(2,18-20-10-6-5-7-11-20)27-25(29)19-28(23-12-8-9-13-24(23)33-4)34(30,31)22-16-14-21(32-3)15-17-22/h5-17H,18-19H2,1-4H3,(H,27,29). The first-order chi connectivity index (χ1) is 16.2. The molecule has 0 fully saturated rings. The fourth-order valence-electron chi connectivity index (χ4n) is 3.71. The first-order valence-electron chi connectivity index (χ1n) is 10.8. The molecule has 7 nitrogen and oxygen atoms in total. The van der Waals surface area contributed by atoms with Gasteiger partial charge in [-0.3, -0.25) is 9.10 Å². The van der Waals surface area contributed by atoms with Gasteiger partial charge in [-0.1, -0.05) is 42.5 Å². The van der Waals surface area contributed by atoms with Gasteiger partial charge < -0.3 is 14.8 Å². The largest absolute Gasteiger partial charge is 0.497 e. The molecule has 0 radical (unpaired) electrons. The summed E-state index contributed by atoms with van der Waals surface area (Å²) >= 11 is 0. The maximum absolute atomic E-state index is 13.6. The van der Waals surface area contributed by atoms with E-state index >= 15 is 0 Å². The van der Waals surface area contributed by atoms with Crippen molar-refractivity contribution < 1.29 is 22.7 Å². The van der Waals surface area contributed by atoms with Gasteiger partial charge in [0.1, 0.15) is 18.0 Å². The Morgan fingerprint density at radius 3 is 2.12 bits per heavy atom. The lowest BCUT2D eigenvalue weighted by Gasteiger charge is -2.30. The minimum absolute atomic E-state index is 0.0375. The summed E-state index contributed by atoms with van der Waals surface area (Å²) in [6.07, 6.45) is 0.597. The van der Waals surface area contributed by atoms with Crippen LogP contribution in [-0.2, 0) is 21.2 Å². The van der Waals surface area contributed by atoms with Crippen molar-refractivity contribution in [1.29, 1.82) is 0 Å². The lowest BCUT2D eigenvalue weighted by atomic mass is 9.95. The summed E-state index contributed by atoms with van der Waals surface area (Å²) in [7, 11) is -1.12. The van der Waals surface area contributed by atoms with Gasteiger partial charge in [-0.2, -0.15) is 0 Å². The quantitative estimate of drug-likeness (QED) is 0.472. The third-order valence-corrected chi connectivity index (χ3v) is 7.03. The molecule has 0 bridgehead atoms. The summed E-state index contributed by atoms with van der Waals surface area (Å²) in [5.41, 5.74) is 0.756. The Morgan fingerprint density at radius 1 is 0.882 bits per heavy atom. The number of benzene rings is 3. The van der Waals surface area contributed by atoms with Crippen molar-refractivity contribution in [3.05, 3.63) is 84.4 Å². The predicted octanol–water partition coefficient (Wildman–Crippen LogP) is 4.04. The van der Waals surface area contributed by atoms with E-state index in [1.807, 2.05) is 44.2 Å². The first-order valence-corrected chi connectivity index (χ1v) is 12.2. The third-order valence-electron chi connectivity index (χ3n) is 5.26. The lowest BCUT2D eigenvalue weighted by molar-refractivity contribution is -0.121. The van der Waals surface area contributed by atoms with Gasteiger partial charge in [-0.15, -0.1) is 0 Å². The van der Waals surface area contributed by atoms with Crippen LogP contribution in [0.1, 0.15) is 19.4 Å². The lowest BCUT2D eigenvalue weighted by Crippen LogP contribution is -2.50. The fourth-order valence-corrected chi connectivity index (χ4v) is 5.14. The molecule has 0 heterocycles. The number of hydrogen-bond acceptors (Lipinski definition) is 5. The minimum Gasteiger partial charge on any atom is -0.497 e. The van der Waals surface area contributed by atoms with Crippen molar-refractivity contribution >= 4 is 21.6 Å². The Balaban J connectivity index is 1.91. The van der Waals surface area contributed by atoms with Gasteiger partial charge in [0.05, 0.1) is 24.8 Å². The number of para-hydroxylation sites is 2. The van der Waals surface area contributed by atoms with E-state index in [1.165, 1.54) is 26.4 Å². The van der Waals surface area contributed by atoms with Crippen molar-refractivity contribution in [2.24, 2.45) is 0 Å². The van der Waals surface area contributed by atoms with Gasteiger partial charge in [-0.25, -0.2) is 8.42 Å². The van der Waals surface area contributed by atoms with Crippen LogP contribution in [0.5, 0.6) is 11.5 Å². The molecule has 1 N–H and O–H groups in total. The van der Waals surface area contributed by atoms with Crippen LogP contribution in [0.25, 0.3) is 0 Å². The second-order valence-corrected chi connectivity index (χ2v) is 10.3. The third kappa shape index (κ3) is 6.08. The van der Waals surface area contributed by atoms with E-state index in [0.717, 1.165) is 9.87 Å². The zero-order valence-electron chi connectivity index (χ0n) is 19.8. The molecule has 180 valence electrons. The zero-order chi connectivity index (χ0) is 24.8. The average molecular weight is 483 g/mol. The number of rotatable bonds is 10. The number of nitrogens with zero attached hydrogens (tertiary/aromatic N) is 1. The van der Waals surface area contributed by atoms with Crippen LogP contribution in [0, 0.1) is 0 Å². The molecule has 0 spiro atoms. The molecule has 3 aromatic carbocycles. The number of sulfonamides is 1. The van der Waals surface area contributed by atoms with Crippen LogP contribution < -0.4 is 19.1 Å². The van der Waals surface area contributed by atoms with E-state index < -0.39 is 28.0 Å². The monoisotopic (exact) mass is 482 g/mol. The summed E-state index contributed by atoms with van der Waals surface area (Å²) in [6.45, 7) is 3.40. The molecule has 0 saturated heterocycles. The zero-order valence-corrected chi connectivity index (χ0v) is 20.6. The molecule has 8 heteroatoms. The van der Waals surface area contributed by atoms with Crippen molar-refractivity contribution in [2.75, 3.05) is 25.1 Å². The van der Waals surface area contributed by atoms with Crippen LogP contribution in [-0.4, -0.2) is 40.6 Å². The highest BCUT2D eigenvalue weighted by molar-refractivity contribution is 7.92. The Morgan fingerprint density at radius 2 is 1.50 bits per heavy atom. The molecule has 0 atom stereocenters. The Hall–Kier alpha value is -3.52. The number of methoxy groups -OCH3 is 2. The van der Waals surface area contributed by atoms with Gasteiger partial charge in [0.25, 0.3) is 10.0 Å². The number of carbonyl (C=O) groups is 1. The number of ether oxygens (including phenoxy) is 2. The van der Waals surface area contributed by atoms with Crippen molar-refractivity contribution in [3.8, 4) is 11.5 Å². The maximum atomic E-state index is 13.6. The van der Waals surface area contributed by atoms with Gasteiger partial charge in [0, 0.05) is 5.54 Å². The summed E-state index contributed by atoms with van der Waals surface area (Å²) in [4.78, 5) is 13.2. The summed E-state index contributed by atoms with van der Waals surface area (Å²) in [5, 5.41) is 2.98. The van der Waals surface area contributed by atoms with Crippen LogP contribution in [0.15, 0.2) is 83.8 Å². The highest BCUT2D eigenvalue weighted by atomic mass is 32.2. The molecule has 0 aromatic heterocycles. The molecule has 0 aliphatic heterocycles. The number of nitrogens with one attached hydrogen (secondary N) is 1. The molecular formula is C26H30N2O5S. The van der Waals surface area contributed by atoms with Crippen molar-refractivity contribution in [2.45, 2.75) is 30.7 Å². The number of anilines is 1. The van der Waals surface area contributed by atoms with E-state index in [9.17, 15) is 13.2 Å². The smallest absolute Gasteiger partial charge is 0.264 e. The molecule has 0 saturated carbocycles. The predicted molar refractivity (Wildman–Crippen MR) is 133 cm³/mol. The average Bonchev–Trinajstić information content (AvgIpc) is 2.82. The molecule has 34 heavy (non-hydrogen) atoms. The van der Waals surface area contributed by atoms with E-state index in [1.54, 1.807) is 36.4 Å². The van der Waals surface area contributed by atoms with Gasteiger partial charge in [-0.05, 0) is 62.2 Å². The number of carbonyl (C=O) groups excluding carboxylic acids is 1. The highest BCUT2D eigenvalue weighted by Crippen LogP contribution is 2.32. The number of amides is 1. The van der Waals surface area contributed by atoms with Crippen LogP contribution in [0.3, 0.4) is 0 Å². The van der Waals surface area contributed by atoms with Crippen molar-refractivity contribution in [3.63, 3.8) is 0 Å². The van der Waals surface area contributed by atoms with Crippen LogP contribution in [0.4, 0.5) is 5.69 Å². The molecule has 1 amide bonds. The Labute approximate surface area is 201 Å². The van der Waals surface area contributed by atoms with E-state index in [0.29, 0.717) is 17.9 Å². The molecule has 3 rings (SSSR count). The Bertz CT molecular complexity index is 1210. The van der Waals surface area contributed by atoms with E-state index in [-0.39, 0.29) is 10.6 Å². The van der Waals surface area contributed by atoms with Crippen LogP contribution in [0.2, 0.25) is 0 Å². The molecule has 0 aliphatic rings. The Kier molecular flexibility index (Phi) is 7.83. The van der Waals surface area contributed by atoms with E-state index in [4.69, 9.17) is 9.47 Å². The fraction of sp³-hybridized carbons (Fsp3) is 0.269. The molecule has 0 unspecified atom stereocenters. The topological polar surface area (TPSA) is 84.9 Å². The maximum Gasteiger partial charge on any atom is 0.264 e. The van der Waals surface area contributed by atoms with Gasteiger partial charge in [0.15, 0.2) is 0 Å². The van der Waals surface area contributed by atoms with Crippen LogP contribution >= 0.6 is 0 Å². The van der Waals surface area contributed by atoms with Gasteiger partial charge >= 0.3 is 0 Å². The summed E-state index contributed by atoms with van der Waals surface area (Å²) in [6, 6.07) is 22.5. The normalized spacial score (nSPS) is 11.5. The first kappa shape index (κ1) is 25.1. The molecule has 3 aromatic rings. The van der Waals surface area contributed by atoms with E-state index in [2.05, 4.69) is 5.32 Å². The summed E-state index contributed by atoms with van der Waals surface area (Å²) in [5.74, 6) is 0.447. The molecule has 0 aliphatic carbocycles. The highest BCUT2D eigenvalue weighted by Gasteiger charge is 2.31. The van der Waals surface area contributed by atoms with Gasteiger partial charge in [0.2, 0.25) is 5.91 Å². The second kappa shape index (κ2) is 10.6. The SMILES string of the molecule is COc1ccc(S(=O)(=O)N(CC(=O)NC(C)(C)Cc2ccccc2)c2ccccc2OC)cc1. The second-order valence-electron chi connectivity index (χ2n) is 8.45. The minimum atomic E-state index is -4.08. The number of hydrogen-bond donors (Lipinski definition) is 1.